The lowest BCUT2D eigenvalue weighted by Crippen LogP contribution is -2.29. The predicted octanol–water partition coefficient (Wildman–Crippen LogP) is 2.31. The maximum atomic E-state index is 12.1. The second-order valence-electron chi connectivity index (χ2n) is 3.82. The van der Waals surface area contributed by atoms with Crippen LogP contribution in [0.2, 0.25) is 5.02 Å². The van der Waals surface area contributed by atoms with Gasteiger partial charge in [-0.25, -0.2) is 0 Å². The van der Waals surface area contributed by atoms with Gasteiger partial charge in [0.05, 0.1) is 11.7 Å². The second kappa shape index (κ2) is 4.73. The lowest BCUT2D eigenvalue weighted by molar-refractivity contribution is 0.0764. The molecule has 0 saturated carbocycles. The van der Waals surface area contributed by atoms with Crippen LogP contribution in [0.4, 0.5) is 0 Å². The molecule has 5 heteroatoms. The molecule has 1 aromatic carbocycles. The molecular weight excluding hydrogens is 293 g/mol. The topological polar surface area (TPSA) is 40.5 Å². The molecule has 0 radical (unpaired) electrons. The maximum Gasteiger partial charge on any atom is 0.255 e. The minimum absolute atomic E-state index is 0.0917. The van der Waals surface area contributed by atoms with Crippen LogP contribution < -0.4 is 0 Å². The van der Waals surface area contributed by atoms with Gasteiger partial charge < -0.3 is 10.0 Å². The summed E-state index contributed by atoms with van der Waals surface area (Å²) in [6.07, 6.45) is 0.242. The Bertz CT molecular complexity index is 424. The Labute approximate surface area is 107 Å². The summed E-state index contributed by atoms with van der Waals surface area (Å²) >= 11 is 9.18. The normalized spacial score (nSPS) is 20.2. The van der Waals surface area contributed by atoms with E-state index in [0.717, 1.165) is 4.47 Å². The van der Waals surface area contributed by atoms with Crippen LogP contribution in [0.1, 0.15) is 16.8 Å². The lowest BCUT2D eigenvalue weighted by Gasteiger charge is -2.16. The van der Waals surface area contributed by atoms with E-state index in [4.69, 9.17) is 11.6 Å². The van der Waals surface area contributed by atoms with Crippen LogP contribution >= 0.6 is 27.5 Å². The Morgan fingerprint density at radius 1 is 1.56 bits per heavy atom. The average Bonchev–Trinajstić information content (AvgIpc) is 2.67. The summed E-state index contributed by atoms with van der Waals surface area (Å²) in [6, 6.07) is 5.11. The molecule has 1 aliphatic rings. The van der Waals surface area contributed by atoms with Gasteiger partial charge in [-0.1, -0.05) is 11.6 Å². The van der Waals surface area contributed by atoms with Crippen molar-refractivity contribution in [2.75, 3.05) is 13.1 Å². The summed E-state index contributed by atoms with van der Waals surface area (Å²) in [7, 11) is 0. The van der Waals surface area contributed by atoms with Crippen molar-refractivity contribution < 1.29 is 9.90 Å². The van der Waals surface area contributed by atoms with Crippen LogP contribution in [-0.2, 0) is 0 Å². The molecule has 1 atom stereocenters. The standard InChI is InChI=1S/C11H11BrClNO2/c12-10-2-1-7(13)5-9(10)11(16)14-4-3-8(15)6-14/h1-2,5,8,15H,3-4,6H2. The monoisotopic (exact) mass is 303 g/mol. The summed E-state index contributed by atoms with van der Waals surface area (Å²) in [5.41, 5.74) is 0.543. The highest BCUT2D eigenvalue weighted by Gasteiger charge is 2.26. The van der Waals surface area contributed by atoms with Gasteiger partial charge in [0.15, 0.2) is 0 Å². The minimum atomic E-state index is -0.401. The fraction of sp³-hybridized carbons (Fsp3) is 0.364. The minimum Gasteiger partial charge on any atom is -0.391 e. The number of benzene rings is 1. The van der Waals surface area contributed by atoms with Crippen LogP contribution in [0.3, 0.4) is 0 Å². The van der Waals surface area contributed by atoms with E-state index in [0.29, 0.717) is 30.1 Å². The van der Waals surface area contributed by atoms with E-state index < -0.39 is 6.10 Å². The fourth-order valence-electron chi connectivity index (χ4n) is 1.76. The summed E-state index contributed by atoms with van der Waals surface area (Å²) in [5, 5.41) is 9.92. The van der Waals surface area contributed by atoms with E-state index >= 15 is 0 Å². The number of amides is 1. The van der Waals surface area contributed by atoms with Crippen LogP contribution in [0.25, 0.3) is 0 Å². The quantitative estimate of drug-likeness (QED) is 0.865. The molecule has 0 aliphatic carbocycles. The Balaban J connectivity index is 2.23. The van der Waals surface area contributed by atoms with Crippen molar-refractivity contribution in [1.29, 1.82) is 0 Å². The van der Waals surface area contributed by atoms with E-state index in [-0.39, 0.29) is 5.91 Å². The molecule has 1 fully saturated rings. The number of likely N-dealkylation sites (tertiary alicyclic amines) is 1. The van der Waals surface area contributed by atoms with Crippen molar-refractivity contribution >= 4 is 33.4 Å². The molecule has 1 unspecified atom stereocenters. The molecule has 0 aromatic heterocycles. The SMILES string of the molecule is O=C(c1cc(Cl)ccc1Br)N1CCC(O)C1. The molecule has 2 rings (SSSR count). The first kappa shape index (κ1) is 11.9. The number of aliphatic hydroxyl groups excluding tert-OH is 1. The molecule has 16 heavy (non-hydrogen) atoms. The van der Waals surface area contributed by atoms with Crippen LogP contribution in [0.5, 0.6) is 0 Å². The number of halogens is 2. The number of carbonyl (C=O) groups is 1. The van der Waals surface area contributed by atoms with Gasteiger partial charge in [0.25, 0.3) is 5.91 Å². The van der Waals surface area contributed by atoms with Crippen LogP contribution in [0, 0.1) is 0 Å². The van der Waals surface area contributed by atoms with E-state index in [1.165, 1.54) is 0 Å². The summed E-state index contributed by atoms with van der Waals surface area (Å²) in [6.45, 7) is 0.997. The van der Waals surface area contributed by atoms with Crippen LogP contribution in [0.15, 0.2) is 22.7 Å². The summed E-state index contributed by atoms with van der Waals surface area (Å²) < 4.78 is 0.725. The number of rotatable bonds is 1. The molecule has 1 aromatic rings. The van der Waals surface area contributed by atoms with E-state index in [1.807, 2.05) is 0 Å². The Morgan fingerprint density at radius 2 is 2.31 bits per heavy atom. The zero-order valence-electron chi connectivity index (χ0n) is 8.49. The third-order valence-corrected chi connectivity index (χ3v) is 3.54. The Hall–Kier alpha value is -0.580. The zero-order chi connectivity index (χ0) is 11.7. The number of nitrogens with zero attached hydrogens (tertiary/aromatic N) is 1. The molecule has 1 saturated heterocycles. The van der Waals surface area contributed by atoms with Crippen LogP contribution in [-0.4, -0.2) is 35.1 Å². The lowest BCUT2D eigenvalue weighted by atomic mass is 10.2. The van der Waals surface area contributed by atoms with Crippen molar-refractivity contribution in [2.24, 2.45) is 0 Å². The third kappa shape index (κ3) is 2.39. The van der Waals surface area contributed by atoms with Gasteiger partial charge in [-0.05, 0) is 40.5 Å². The summed E-state index contributed by atoms with van der Waals surface area (Å²) in [4.78, 5) is 13.7. The van der Waals surface area contributed by atoms with Crippen molar-refractivity contribution in [1.82, 2.24) is 4.90 Å². The molecule has 3 nitrogen and oxygen atoms in total. The van der Waals surface area contributed by atoms with Gasteiger partial charge in [0.2, 0.25) is 0 Å². The largest absolute Gasteiger partial charge is 0.391 e. The first-order chi connectivity index (χ1) is 7.58. The summed E-state index contributed by atoms with van der Waals surface area (Å²) in [5.74, 6) is -0.0917. The first-order valence-electron chi connectivity index (χ1n) is 5.00. The van der Waals surface area contributed by atoms with E-state index in [9.17, 15) is 9.90 Å². The average molecular weight is 305 g/mol. The number of β-amino-alcohol motifs (C(OH)–C–C–N with tert-alkyl or cyclic N) is 1. The predicted molar refractivity (Wildman–Crippen MR) is 65.7 cm³/mol. The van der Waals surface area contributed by atoms with Gasteiger partial charge in [-0.15, -0.1) is 0 Å². The van der Waals surface area contributed by atoms with E-state index in [1.54, 1.807) is 23.1 Å². The number of hydrogen-bond acceptors (Lipinski definition) is 2. The highest BCUT2D eigenvalue weighted by Crippen LogP contribution is 2.24. The zero-order valence-corrected chi connectivity index (χ0v) is 10.8. The molecule has 1 aliphatic heterocycles. The van der Waals surface area contributed by atoms with Gasteiger partial charge in [-0.2, -0.15) is 0 Å². The fourth-order valence-corrected chi connectivity index (χ4v) is 2.35. The number of aliphatic hydroxyl groups is 1. The number of hydrogen-bond donors (Lipinski definition) is 1. The number of carbonyl (C=O) groups excluding carboxylic acids is 1. The van der Waals surface area contributed by atoms with Gasteiger partial charge >= 0.3 is 0 Å². The molecule has 86 valence electrons. The molecule has 0 spiro atoms. The van der Waals surface area contributed by atoms with Gasteiger partial charge in [0, 0.05) is 22.6 Å². The van der Waals surface area contributed by atoms with Crippen molar-refractivity contribution in [2.45, 2.75) is 12.5 Å². The third-order valence-electron chi connectivity index (χ3n) is 2.61. The Kier molecular flexibility index (Phi) is 3.52. The highest BCUT2D eigenvalue weighted by molar-refractivity contribution is 9.10. The molecule has 1 N–H and O–H groups in total. The molecule has 1 amide bonds. The van der Waals surface area contributed by atoms with Crippen molar-refractivity contribution in [3.05, 3.63) is 33.3 Å². The maximum absolute atomic E-state index is 12.1. The molecular formula is C11H11BrClNO2. The Morgan fingerprint density at radius 3 is 2.94 bits per heavy atom. The van der Waals surface area contributed by atoms with Crippen molar-refractivity contribution in [3.8, 4) is 0 Å². The second-order valence-corrected chi connectivity index (χ2v) is 5.11. The first-order valence-corrected chi connectivity index (χ1v) is 6.17. The molecule has 0 bridgehead atoms. The smallest absolute Gasteiger partial charge is 0.255 e. The van der Waals surface area contributed by atoms with Gasteiger partial charge in [-0.3, -0.25) is 4.79 Å². The van der Waals surface area contributed by atoms with Crippen molar-refractivity contribution in [3.63, 3.8) is 0 Å². The molecule has 1 heterocycles. The van der Waals surface area contributed by atoms with E-state index in [2.05, 4.69) is 15.9 Å². The highest BCUT2D eigenvalue weighted by atomic mass is 79.9. The van der Waals surface area contributed by atoms with Gasteiger partial charge in [0.1, 0.15) is 0 Å².